The summed E-state index contributed by atoms with van der Waals surface area (Å²) in [4.78, 5) is 23.9. The van der Waals surface area contributed by atoms with Gasteiger partial charge in [-0.2, -0.15) is 5.10 Å². The molecule has 168 valence electrons. The Morgan fingerprint density at radius 3 is 2.91 bits per heavy atom. The first-order chi connectivity index (χ1) is 16.2. The van der Waals surface area contributed by atoms with E-state index >= 15 is 0 Å². The fraction of sp³-hybridized carbons (Fsp3) is 0.308. The lowest BCUT2D eigenvalue weighted by atomic mass is 9.91. The molecule has 4 heterocycles. The third-order valence-corrected chi connectivity index (χ3v) is 6.32. The molecular formula is C26H27N5O2. The van der Waals surface area contributed by atoms with Gasteiger partial charge in [0.1, 0.15) is 11.3 Å². The van der Waals surface area contributed by atoms with E-state index in [1.54, 1.807) is 24.5 Å². The Morgan fingerprint density at radius 2 is 2.03 bits per heavy atom. The van der Waals surface area contributed by atoms with Crippen LogP contribution in [0.25, 0.3) is 10.9 Å². The molecule has 3 aromatic heterocycles. The quantitative estimate of drug-likeness (QED) is 0.474. The van der Waals surface area contributed by atoms with Gasteiger partial charge in [0, 0.05) is 30.4 Å². The van der Waals surface area contributed by atoms with Crippen LogP contribution < -0.4 is 4.74 Å². The molecule has 7 heteroatoms. The van der Waals surface area contributed by atoms with Crippen LogP contribution in [0.5, 0.6) is 11.6 Å². The fourth-order valence-corrected chi connectivity index (χ4v) is 4.52. The van der Waals surface area contributed by atoms with E-state index in [-0.39, 0.29) is 5.91 Å². The smallest absolute Gasteiger partial charge is 0.259 e. The number of pyridine rings is 2. The Morgan fingerprint density at radius 1 is 1.09 bits per heavy atom. The molecule has 0 spiro atoms. The third kappa shape index (κ3) is 4.72. The number of likely N-dealkylation sites (tertiary alicyclic amines) is 1. The molecule has 1 aliphatic rings. The van der Waals surface area contributed by atoms with Crippen LogP contribution >= 0.6 is 0 Å². The van der Waals surface area contributed by atoms with E-state index < -0.39 is 0 Å². The first-order valence-corrected chi connectivity index (χ1v) is 11.4. The summed E-state index contributed by atoms with van der Waals surface area (Å²) in [6.07, 6.45) is 9.25. The van der Waals surface area contributed by atoms with E-state index in [9.17, 15) is 4.79 Å². The maximum atomic E-state index is 13.4. The van der Waals surface area contributed by atoms with Crippen molar-refractivity contribution in [2.75, 3.05) is 13.1 Å². The molecule has 0 bridgehead atoms. The van der Waals surface area contributed by atoms with Crippen LogP contribution in [0.15, 0.2) is 61.1 Å². The van der Waals surface area contributed by atoms with E-state index in [2.05, 4.69) is 38.4 Å². The number of fused-ring (bicyclic) bond motifs is 1. The standard InChI is InChI=1S/C26H27N5O2/c1-18-9-10-21(16-28-18)33-25-22(7-3-12-27-25)26(32)31-13-4-5-19(11-14-31)15-20-6-2-8-24-23(20)17-29-30-24/h2-3,6-10,12,16-17,19H,4-5,11,13-15H2,1H3,(H,29,30)/t19-/m0/s1. The van der Waals surface area contributed by atoms with Crippen molar-refractivity contribution in [3.63, 3.8) is 0 Å². The van der Waals surface area contributed by atoms with E-state index in [1.807, 2.05) is 30.2 Å². The number of aryl methyl sites for hydroxylation is 1. The molecule has 0 unspecified atom stereocenters. The van der Waals surface area contributed by atoms with Gasteiger partial charge in [0.15, 0.2) is 0 Å². The largest absolute Gasteiger partial charge is 0.437 e. The van der Waals surface area contributed by atoms with Gasteiger partial charge in [-0.15, -0.1) is 0 Å². The predicted molar refractivity (Wildman–Crippen MR) is 126 cm³/mol. The Bertz CT molecular complexity index is 1250. The molecule has 1 N–H and O–H groups in total. The molecule has 7 nitrogen and oxygen atoms in total. The minimum atomic E-state index is -0.0317. The average molecular weight is 442 g/mol. The lowest BCUT2D eigenvalue weighted by Gasteiger charge is -2.21. The number of aromatic amines is 1. The number of nitrogens with zero attached hydrogens (tertiary/aromatic N) is 4. The zero-order chi connectivity index (χ0) is 22.6. The van der Waals surface area contributed by atoms with Crippen molar-refractivity contribution < 1.29 is 9.53 Å². The lowest BCUT2D eigenvalue weighted by molar-refractivity contribution is 0.0756. The number of carbonyl (C=O) groups excluding carboxylic acids is 1. The van der Waals surface area contributed by atoms with Crippen LogP contribution in [0.2, 0.25) is 0 Å². The summed E-state index contributed by atoms with van der Waals surface area (Å²) >= 11 is 0. The number of amides is 1. The van der Waals surface area contributed by atoms with Gasteiger partial charge in [0.25, 0.3) is 5.91 Å². The molecule has 1 fully saturated rings. The van der Waals surface area contributed by atoms with Crippen molar-refractivity contribution >= 4 is 16.8 Å². The number of benzene rings is 1. The molecule has 0 radical (unpaired) electrons. The minimum Gasteiger partial charge on any atom is -0.437 e. The highest BCUT2D eigenvalue weighted by Crippen LogP contribution is 2.28. The van der Waals surface area contributed by atoms with Gasteiger partial charge in [-0.05, 0) is 74.4 Å². The van der Waals surface area contributed by atoms with Crippen LogP contribution in [0.1, 0.15) is 40.9 Å². The highest BCUT2D eigenvalue weighted by molar-refractivity contribution is 5.96. The average Bonchev–Trinajstić information content (AvgIpc) is 3.21. The first-order valence-electron chi connectivity index (χ1n) is 11.4. The number of aromatic nitrogens is 4. The van der Waals surface area contributed by atoms with Gasteiger partial charge in [-0.3, -0.25) is 14.9 Å². The first kappa shape index (κ1) is 21.1. The van der Waals surface area contributed by atoms with Crippen LogP contribution in [0.4, 0.5) is 0 Å². The topological polar surface area (TPSA) is 84.0 Å². The molecule has 1 aliphatic heterocycles. The molecular weight excluding hydrogens is 414 g/mol. The summed E-state index contributed by atoms with van der Waals surface area (Å²) in [5.74, 6) is 1.39. The summed E-state index contributed by atoms with van der Waals surface area (Å²) in [6.45, 7) is 3.39. The SMILES string of the molecule is Cc1ccc(Oc2ncccc2C(=O)N2CCC[C@H](Cc3cccc4[nH]ncc34)CC2)cn1. The second-order valence-corrected chi connectivity index (χ2v) is 8.64. The van der Waals surface area contributed by atoms with Crippen LogP contribution in [-0.2, 0) is 6.42 Å². The zero-order valence-corrected chi connectivity index (χ0v) is 18.7. The second-order valence-electron chi connectivity index (χ2n) is 8.64. The molecule has 33 heavy (non-hydrogen) atoms. The van der Waals surface area contributed by atoms with E-state index in [0.29, 0.717) is 23.1 Å². The summed E-state index contributed by atoms with van der Waals surface area (Å²) < 4.78 is 5.91. The Labute approximate surface area is 192 Å². The summed E-state index contributed by atoms with van der Waals surface area (Å²) in [7, 11) is 0. The van der Waals surface area contributed by atoms with Crippen molar-refractivity contribution in [1.82, 2.24) is 25.1 Å². The second kappa shape index (κ2) is 9.40. The molecule has 4 aromatic rings. The van der Waals surface area contributed by atoms with Crippen molar-refractivity contribution in [3.8, 4) is 11.6 Å². The van der Waals surface area contributed by atoms with Crippen molar-refractivity contribution in [3.05, 3.63) is 77.9 Å². The molecule has 0 saturated carbocycles. The van der Waals surface area contributed by atoms with Gasteiger partial charge < -0.3 is 9.64 Å². The van der Waals surface area contributed by atoms with Gasteiger partial charge in [0.05, 0.1) is 17.9 Å². The number of ether oxygens (including phenoxy) is 1. The van der Waals surface area contributed by atoms with E-state index in [4.69, 9.17) is 4.74 Å². The predicted octanol–water partition coefficient (Wildman–Crippen LogP) is 4.94. The number of carbonyl (C=O) groups is 1. The maximum absolute atomic E-state index is 13.4. The van der Waals surface area contributed by atoms with Gasteiger partial charge in [0.2, 0.25) is 5.88 Å². The number of hydrogen-bond acceptors (Lipinski definition) is 5. The molecule has 1 atom stereocenters. The number of rotatable bonds is 5. The Kier molecular flexibility index (Phi) is 6.02. The summed E-state index contributed by atoms with van der Waals surface area (Å²) in [6, 6.07) is 13.6. The highest BCUT2D eigenvalue weighted by Gasteiger charge is 2.25. The maximum Gasteiger partial charge on any atom is 0.259 e. The van der Waals surface area contributed by atoms with Crippen molar-refractivity contribution in [2.24, 2.45) is 5.92 Å². The van der Waals surface area contributed by atoms with Crippen LogP contribution in [0.3, 0.4) is 0 Å². The van der Waals surface area contributed by atoms with Crippen molar-refractivity contribution in [2.45, 2.75) is 32.6 Å². The van der Waals surface area contributed by atoms with Gasteiger partial charge in [-0.1, -0.05) is 12.1 Å². The lowest BCUT2D eigenvalue weighted by Crippen LogP contribution is -2.32. The van der Waals surface area contributed by atoms with Gasteiger partial charge in [-0.25, -0.2) is 4.98 Å². The fourth-order valence-electron chi connectivity index (χ4n) is 4.52. The third-order valence-electron chi connectivity index (χ3n) is 6.32. The van der Waals surface area contributed by atoms with E-state index in [0.717, 1.165) is 50.0 Å². The van der Waals surface area contributed by atoms with Crippen LogP contribution in [-0.4, -0.2) is 44.1 Å². The van der Waals surface area contributed by atoms with E-state index in [1.165, 1.54) is 10.9 Å². The monoisotopic (exact) mass is 441 g/mol. The molecule has 1 amide bonds. The summed E-state index contributed by atoms with van der Waals surface area (Å²) in [5.41, 5.74) is 3.79. The molecule has 1 aromatic carbocycles. The van der Waals surface area contributed by atoms with Crippen LogP contribution in [0, 0.1) is 12.8 Å². The normalized spacial score (nSPS) is 16.5. The van der Waals surface area contributed by atoms with Crippen molar-refractivity contribution in [1.29, 1.82) is 0 Å². The molecule has 5 rings (SSSR count). The Hall–Kier alpha value is -3.74. The zero-order valence-electron chi connectivity index (χ0n) is 18.7. The Balaban J connectivity index is 1.27. The minimum absolute atomic E-state index is 0.0317. The van der Waals surface area contributed by atoms with Gasteiger partial charge >= 0.3 is 0 Å². The molecule has 0 aliphatic carbocycles. The number of hydrogen-bond donors (Lipinski definition) is 1. The molecule has 1 saturated heterocycles. The highest BCUT2D eigenvalue weighted by atomic mass is 16.5. The summed E-state index contributed by atoms with van der Waals surface area (Å²) in [5, 5.41) is 8.43. The number of nitrogens with one attached hydrogen (secondary N) is 1. The number of H-pyrrole nitrogens is 1.